The average molecular weight is 564 g/mol. The smallest absolute Gasteiger partial charge is 0.280 e. The molecule has 0 aliphatic carbocycles. The Bertz CT molecular complexity index is 1390. The summed E-state index contributed by atoms with van der Waals surface area (Å²) in [5.74, 6) is -0.655. The molecule has 0 spiro atoms. The highest BCUT2D eigenvalue weighted by molar-refractivity contribution is 6.43. The van der Waals surface area contributed by atoms with E-state index in [0.717, 1.165) is 10.6 Å². The second kappa shape index (κ2) is 10.8. The number of rotatable bonds is 5. The van der Waals surface area contributed by atoms with Crippen LogP contribution in [0.15, 0.2) is 69.8 Å². The molecule has 8 nitrogen and oxygen atoms in total. The van der Waals surface area contributed by atoms with Crippen LogP contribution in [0.25, 0.3) is 0 Å². The number of benzene rings is 3. The first-order valence-corrected chi connectivity index (χ1v) is 12.0. The topological polar surface area (TPSA) is 98.5 Å². The molecule has 4 rings (SSSR count). The van der Waals surface area contributed by atoms with Crippen LogP contribution in [0.3, 0.4) is 0 Å². The Labute approximate surface area is 226 Å². The second-order valence-corrected chi connectivity index (χ2v) is 9.46. The number of halogens is 4. The molecule has 2 amide bonds. The van der Waals surface area contributed by atoms with Crippen LogP contribution in [0.1, 0.15) is 12.5 Å². The van der Waals surface area contributed by atoms with Gasteiger partial charge in [-0.25, -0.2) is 10.0 Å². The number of hydrogen-bond donors (Lipinski definition) is 2. The van der Waals surface area contributed by atoms with Gasteiger partial charge in [-0.1, -0.05) is 64.1 Å². The van der Waals surface area contributed by atoms with Crippen LogP contribution in [0.4, 0.5) is 22.7 Å². The van der Waals surface area contributed by atoms with Crippen LogP contribution in [0, 0.1) is 6.92 Å². The molecule has 184 valence electrons. The number of nitrogens with zero attached hydrogens (tertiary/aromatic N) is 4. The third kappa shape index (κ3) is 5.79. The molecule has 1 aliphatic heterocycles. The number of aryl methyl sites for hydroxylation is 1. The van der Waals surface area contributed by atoms with Gasteiger partial charge in [0.15, 0.2) is 5.84 Å². The molecule has 3 aromatic carbocycles. The molecule has 1 unspecified atom stereocenters. The van der Waals surface area contributed by atoms with Gasteiger partial charge in [0.05, 0.1) is 26.4 Å². The lowest BCUT2D eigenvalue weighted by Crippen LogP contribution is -2.36. The first-order chi connectivity index (χ1) is 17.1. The molecular formula is C24H18Cl4N6O2. The van der Waals surface area contributed by atoms with E-state index in [1.54, 1.807) is 30.3 Å². The van der Waals surface area contributed by atoms with Gasteiger partial charge in [-0.2, -0.15) is 10.2 Å². The Hall–Kier alpha value is -3.17. The van der Waals surface area contributed by atoms with Gasteiger partial charge in [0.2, 0.25) is 11.9 Å². The fraction of sp³-hybridized carbons (Fsp3) is 0.125. The van der Waals surface area contributed by atoms with Crippen LogP contribution >= 0.6 is 46.4 Å². The van der Waals surface area contributed by atoms with Crippen molar-refractivity contribution in [2.24, 2.45) is 15.2 Å². The molecule has 0 radical (unpaired) electrons. The molecular weight excluding hydrogens is 546 g/mol. The Morgan fingerprint density at radius 3 is 2.28 bits per heavy atom. The largest absolute Gasteiger partial charge is 0.326 e. The SMILES string of the molecule is CC(=O)Nc1ccc(Cl)c(N=C2NN(c3c(Cl)cc(Cl)cc3Cl)C(=O)C2N=Nc2ccc(C)cc2)c1. The highest BCUT2D eigenvalue weighted by atomic mass is 35.5. The van der Waals surface area contributed by atoms with Crippen LogP contribution in [-0.2, 0) is 9.59 Å². The van der Waals surface area contributed by atoms with Crippen molar-refractivity contribution in [1.82, 2.24) is 5.43 Å². The normalized spacial score (nSPS) is 16.6. The van der Waals surface area contributed by atoms with E-state index < -0.39 is 11.9 Å². The van der Waals surface area contributed by atoms with Gasteiger partial charge in [-0.15, -0.1) is 0 Å². The van der Waals surface area contributed by atoms with Crippen molar-refractivity contribution >= 4 is 86.8 Å². The van der Waals surface area contributed by atoms with E-state index in [0.29, 0.717) is 27.1 Å². The zero-order chi connectivity index (χ0) is 26.0. The van der Waals surface area contributed by atoms with Crippen molar-refractivity contribution in [3.05, 3.63) is 80.3 Å². The zero-order valence-electron chi connectivity index (χ0n) is 18.9. The first kappa shape index (κ1) is 25.9. The lowest BCUT2D eigenvalue weighted by Gasteiger charge is -2.19. The highest BCUT2D eigenvalue weighted by Crippen LogP contribution is 2.38. The number of azo groups is 1. The number of carbonyl (C=O) groups is 2. The van der Waals surface area contributed by atoms with E-state index in [4.69, 9.17) is 46.4 Å². The molecule has 3 aromatic rings. The molecule has 1 aliphatic rings. The molecule has 1 atom stereocenters. The second-order valence-electron chi connectivity index (χ2n) is 7.80. The van der Waals surface area contributed by atoms with Crippen molar-refractivity contribution in [2.75, 3.05) is 10.3 Å². The number of anilines is 2. The molecule has 0 saturated carbocycles. The van der Waals surface area contributed by atoms with Gasteiger partial charge in [0.25, 0.3) is 5.91 Å². The lowest BCUT2D eigenvalue weighted by atomic mass is 10.2. The minimum atomic E-state index is -1.16. The number of amides is 2. The summed E-state index contributed by atoms with van der Waals surface area (Å²) < 4.78 is 0. The molecule has 2 N–H and O–H groups in total. The van der Waals surface area contributed by atoms with Crippen molar-refractivity contribution in [1.29, 1.82) is 0 Å². The van der Waals surface area contributed by atoms with E-state index in [-0.39, 0.29) is 27.5 Å². The quantitative estimate of drug-likeness (QED) is 0.318. The molecule has 0 bridgehead atoms. The van der Waals surface area contributed by atoms with Crippen molar-refractivity contribution in [3.63, 3.8) is 0 Å². The summed E-state index contributed by atoms with van der Waals surface area (Å²) >= 11 is 25.1. The highest BCUT2D eigenvalue weighted by Gasteiger charge is 2.41. The minimum Gasteiger partial charge on any atom is -0.326 e. The van der Waals surface area contributed by atoms with Gasteiger partial charge < -0.3 is 5.32 Å². The summed E-state index contributed by atoms with van der Waals surface area (Å²) in [5, 5.41) is 13.2. The zero-order valence-corrected chi connectivity index (χ0v) is 21.9. The summed E-state index contributed by atoms with van der Waals surface area (Å²) in [4.78, 5) is 29.5. The molecule has 1 heterocycles. The van der Waals surface area contributed by atoms with Crippen molar-refractivity contribution in [2.45, 2.75) is 19.9 Å². The molecule has 36 heavy (non-hydrogen) atoms. The van der Waals surface area contributed by atoms with E-state index in [9.17, 15) is 9.59 Å². The number of nitrogens with one attached hydrogen (secondary N) is 2. The van der Waals surface area contributed by atoms with Crippen LogP contribution in [0.5, 0.6) is 0 Å². The fourth-order valence-electron chi connectivity index (χ4n) is 3.32. The Kier molecular flexibility index (Phi) is 7.80. The summed E-state index contributed by atoms with van der Waals surface area (Å²) in [6.07, 6.45) is 0. The maximum absolute atomic E-state index is 13.5. The summed E-state index contributed by atoms with van der Waals surface area (Å²) in [6.45, 7) is 3.34. The number of hydrogen-bond acceptors (Lipinski definition) is 5. The van der Waals surface area contributed by atoms with E-state index >= 15 is 0 Å². The molecule has 1 fully saturated rings. The predicted octanol–water partition coefficient (Wildman–Crippen LogP) is 7.30. The van der Waals surface area contributed by atoms with Gasteiger partial charge in [-0.3, -0.25) is 15.0 Å². The monoisotopic (exact) mass is 562 g/mol. The number of aliphatic imine (C=N–C) groups is 1. The summed E-state index contributed by atoms with van der Waals surface area (Å²) in [6, 6.07) is 13.9. The van der Waals surface area contributed by atoms with Crippen LogP contribution < -0.4 is 15.8 Å². The Morgan fingerprint density at radius 1 is 0.972 bits per heavy atom. The summed E-state index contributed by atoms with van der Waals surface area (Å²) in [5.41, 5.74) is 5.49. The third-order valence-electron chi connectivity index (χ3n) is 4.97. The minimum absolute atomic E-state index is 0.125. The number of carbonyl (C=O) groups excluding carboxylic acids is 2. The number of amidine groups is 1. The predicted molar refractivity (Wildman–Crippen MR) is 144 cm³/mol. The maximum atomic E-state index is 13.5. The number of hydrazine groups is 1. The average Bonchev–Trinajstić information content (AvgIpc) is 3.09. The van der Waals surface area contributed by atoms with Crippen LogP contribution in [-0.4, -0.2) is 23.7 Å². The Balaban J connectivity index is 1.78. The molecule has 12 heteroatoms. The summed E-state index contributed by atoms with van der Waals surface area (Å²) in [7, 11) is 0. The van der Waals surface area contributed by atoms with E-state index in [1.807, 2.05) is 19.1 Å². The van der Waals surface area contributed by atoms with E-state index in [2.05, 4.69) is 26.0 Å². The third-order valence-corrected chi connectivity index (χ3v) is 6.09. The van der Waals surface area contributed by atoms with Gasteiger partial charge in [0, 0.05) is 17.6 Å². The van der Waals surface area contributed by atoms with Gasteiger partial charge in [-0.05, 0) is 49.4 Å². The Morgan fingerprint density at radius 2 is 1.64 bits per heavy atom. The lowest BCUT2D eigenvalue weighted by molar-refractivity contribution is -0.118. The van der Waals surface area contributed by atoms with Crippen molar-refractivity contribution < 1.29 is 9.59 Å². The molecule has 1 saturated heterocycles. The first-order valence-electron chi connectivity index (χ1n) is 10.5. The van der Waals surface area contributed by atoms with Gasteiger partial charge >= 0.3 is 0 Å². The van der Waals surface area contributed by atoms with Crippen molar-refractivity contribution in [3.8, 4) is 0 Å². The van der Waals surface area contributed by atoms with E-state index in [1.165, 1.54) is 19.1 Å². The van der Waals surface area contributed by atoms with Gasteiger partial charge in [0.1, 0.15) is 5.69 Å². The maximum Gasteiger partial charge on any atom is 0.280 e. The standard InChI is InChI=1S/C24H18Cl4N6O2/c1-12-3-5-15(6-4-12)31-32-21-23(30-20-11-16(29-13(2)35)7-8-17(20)26)33-34(24(21)36)22-18(27)9-14(25)10-19(22)28/h3-11,21H,1-2H3,(H,29,35)(H,30,33). The molecule has 0 aromatic heterocycles. The fourth-order valence-corrected chi connectivity index (χ4v) is 4.47. The van der Waals surface area contributed by atoms with Crippen LogP contribution in [0.2, 0.25) is 20.1 Å².